The van der Waals surface area contributed by atoms with Gasteiger partial charge in [0.05, 0.1) is 7.11 Å². The van der Waals surface area contributed by atoms with Gasteiger partial charge in [0.1, 0.15) is 17.6 Å². The molecule has 2 unspecified atom stereocenters. The fourth-order valence-electron chi connectivity index (χ4n) is 4.13. The Morgan fingerprint density at radius 2 is 2.10 bits per heavy atom. The van der Waals surface area contributed by atoms with Crippen molar-refractivity contribution in [3.05, 3.63) is 53.6 Å². The van der Waals surface area contributed by atoms with E-state index in [9.17, 15) is 0 Å². The third-order valence-electron chi connectivity index (χ3n) is 5.62. The molecule has 2 aliphatic heterocycles. The number of anilines is 1. The molecule has 2 heterocycles. The molecule has 0 amide bonds. The summed E-state index contributed by atoms with van der Waals surface area (Å²) in [5.74, 6) is 2.66. The van der Waals surface area contributed by atoms with E-state index in [1.807, 2.05) is 7.05 Å². The molecule has 0 saturated carbocycles. The predicted molar refractivity (Wildman–Crippen MR) is 117 cm³/mol. The summed E-state index contributed by atoms with van der Waals surface area (Å²) in [7, 11) is 3.53. The van der Waals surface area contributed by atoms with Crippen LogP contribution in [0.15, 0.2) is 47.5 Å². The average molecular weight is 395 g/mol. The Bertz CT molecular complexity index is 869. The van der Waals surface area contributed by atoms with Gasteiger partial charge in [-0.3, -0.25) is 4.99 Å². The number of benzene rings is 2. The highest BCUT2D eigenvalue weighted by Crippen LogP contribution is 2.34. The van der Waals surface area contributed by atoms with E-state index in [1.165, 1.54) is 11.3 Å². The van der Waals surface area contributed by atoms with Crippen molar-refractivity contribution in [3.63, 3.8) is 0 Å². The summed E-state index contributed by atoms with van der Waals surface area (Å²) in [6.45, 7) is 4.74. The van der Waals surface area contributed by atoms with Crippen molar-refractivity contribution in [2.45, 2.75) is 38.5 Å². The number of para-hydroxylation sites is 1. The lowest BCUT2D eigenvalue weighted by Gasteiger charge is -2.20. The molecule has 2 atom stereocenters. The first-order valence-corrected chi connectivity index (χ1v) is 10.3. The van der Waals surface area contributed by atoms with Gasteiger partial charge in [0.2, 0.25) is 0 Å². The standard InChI is InChI=1S/C23H30N4O2/c1-16-11-17-12-21(28-3)18(13-22(17)29-16)14-25-23(24-2)26-19-9-10-27(15-19)20-7-5-4-6-8-20/h4-8,12-13,16,19H,9-11,14-15H2,1-3H3,(H2,24,25,26). The summed E-state index contributed by atoms with van der Waals surface area (Å²) in [6, 6.07) is 15.1. The first kappa shape index (κ1) is 19.4. The molecule has 6 heteroatoms. The minimum Gasteiger partial charge on any atom is -0.496 e. The van der Waals surface area contributed by atoms with Crippen LogP contribution in [0.5, 0.6) is 11.5 Å². The maximum atomic E-state index is 5.91. The normalized spacial score (nSPS) is 20.9. The third-order valence-corrected chi connectivity index (χ3v) is 5.62. The van der Waals surface area contributed by atoms with Crippen molar-refractivity contribution in [2.75, 3.05) is 32.1 Å². The van der Waals surface area contributed by atoms with Gasteiger partial charge < -0.3 is 25.0 Å². The number of hydrogen-bond acceptors (Lipinski definition) is 4. The zero-order valence-electron chi connectivity index (χ0n) is 17.4. The lowest BCUT2D eigenvalue weighted by Crippen LogP contribution is -2.44. The van der Waals surface area contributed by atoms with E-state index in [4.69, 9.17) is 9.47 Å². The molecule has 0 radical (unpaired) electrons. The maximum absolute atomic E-state index is 5.91. The van der Waals surface area contributed by atoms with E-state index in [0.717, 1.165) is 49.0 Å². The van der Waals surface area contributed by atoms with Crippen molar-refractivity contribution >= 4 is 11.6 Å². The molecule has 0 bridgehead atoms. The van der Waals surface area contributed by atoms with Crippen molar-refractivity contribution in [3.8, 4) is 11.5 Å². The highest BCUT2D eigenvalue weighted by Gasteiger charge is 2.24. The first-order valence-electron chi connectivity index (χ1n) is 10.3. The summed E-state index contributed by atoms with van der Waals surface area (Å²) in [5.41, 5.74) is 3.56. The van der Waals surface area contributed by atoms with Crippen LogP contribution < -0.4 is 25.0 Å². The minimum atomic E-state index is 0.224. The molecule has 4 rings (SSSR count). The van der Waals surface area contributed by atoms with E-state index < -0.39 is 0 Å². The lowest BCUT2D eigenvalue weighted by atomic mass is 10.1. The molecule has 2 N–H and O–H groups in total. The van der Waals surface area contributed by atoms with Crippen LogP contribution in [0.4, 0.5) is 5.69 Å². The fraction of sp³-hybridized carbons (Fsp3) is 0.435. The molecular formula is C23H30N4O2. The summed E-state index contributed by atoms with van der Waals surface area (Å²) < 4.78 is 11.5. The van der Waals surface area contributed by atoms with Gasteiger partial charge in [-0.2, -0.15) is 0 Å². The van der Waals surface area contributed by atoms with Crippen LogP contribution in [0, 0.1) is 0 Å². The molecule has 1 saturated heterocycles. The Labute approximate surface area is 172 Å². The maximum Gasteiger partial charge on any atom is 0.191 e. The van der Waals surface area contributed by atoms with Crippen molar-refractivity contribution < 1.29 is 9.47 Å². The number of aliphatic imine (C=N–C) groups is 1. The second-order valence-corrected chi connectivity index (χ2v) is 7.74. The average Bonchev–Trinajstić information content (AvgIpc) is 3.36. The van der Waals surface area contributed by atoms with Crippen LogP contribution in [0.25, 0.3) is 0 Å². The quantitative estimate of drug-likeness (QED) is 0.603. The minimum absolute atomic E-state index is 0.224. The zero-order chi connectivity index (χ0) is 20.2. The van der Waals surface area contributed by atoms with Gasteiger partial charge in [-0.25, -0.2) is 0 Å². The van der Waals surface area contributed by atoms with Crippen LogP contribution in [0.2, 0.25) is 0 Å². The van der Waals surface area contributed by atoms with E-state index in [0.29, 0.717) is 12.6 Å². The number of ether oxygens (including phenoxy) is 2. The third kappa shape index (κ3) is 4.42. The molecule has 2 aromatic rings. The monoisotopic (exact) mass is 394 g/mol. The number of guanidine groups is 1. The highest BCUT2D eigenvalue weighted by molar-refractivity contribution is 5.80. The van der Waals surface area contributed by atoms with Crippen LogP contribution in [0.1, 0.15) is 24.5 Å². The topological polar surface area (TPSA) is 58.1 Å². The van der Waals surface area contributed by atoms with Crippen molar-refractivity contribution in [1.29, 1.82) is 0 Å². The van der Waals surface area contributed by atoms with Crippen molar-refractivity contribution in [2.24, 2.45) is 4.99 Å². The Kier molecular flexibility index (Phi) is 5.79. The second-order valence-electron chi connectivity index (χ2n) is 7.74. The fourth-order valence-corrected chi connectivity index (χ4v) is 4.13. The number of hydrogen-bond donors (Lipinski definition) is 2. The Balaban J connectivity index is 1.35. The van der Waals surface area contributed by atoms with Gasteiger partial charge in [-0.1, -0.05) is 18.2 Å². The molecule has 154 valence electrons. The molecule has 1 fully saturated rings. The molecule has 29 heavy (non-hydrogen) atoms. The molecule has 6 nitrogen and oxygen atoms in total. The van der Waals surface area contributed by atoms with Gasteiger partial charge in [0, 0.05) is 56.0 Å². The summed E-state index contributed by atoms with van der Waals surface area (Å²) in [4.78, 5) is 6.82. The SMILES string of the molecule is CN=C(NCc1cc2c(cc1OC)CC(C)O2)NC1CCN(c2ccccc2)C1. The second kappa shape index (κ2) is 8.64. The molecule has 0 aromatic heterocycles. The van der Waals surface area contributed by atoms with E-state index in [1.54, 1.807) is 7.11 Å². The number of fused-ring (bicyclic) bond motifs is 1. The van der Waals surface area contributed by atoms with Crippen molar-refractivity contribution in [1.82, 2.24) is 10.6 Å². The smallest absolute Gasteiger partial charge is 0.191 e. The van der Waals surface area contributed by atoms with E-state index in [2.05, 4.69) is 69.9 Å². The molecule has 0 spiro atoms. The Morgan fingerprint density at radius 3 is 2.86 bits per heavy atom. The van der Waals surface area contributed by atoms with Gasteiger partial charge in [-0.15, -0.1) is 0 Å². The van der Waals surface area contributed by atoms with Crippen LogP contribution in [-0.4, -0.2) is 45.4 Å². The van der Waals surface area contributed by atoms with E-state index in [-0.39, 0.29) is 6.10 Å². The van der Waals surface area contributed by atoms with Gasteiger partial charge >= 0.3 is 0 Å². The summed E-state index contributed by atoms with van der Waals surface area (Å²) >= 11 is 0. The van der Waals surface area contributed by atoms with Gasteiger partial charge in [0.15, 0.2) is 5.96 Å². The molecule has 0 aliphatic carbocycles. The number of nitrogens with zero attached hydrogens (tertiary/aromatic N) is 2. The largest absolute Gasteiger partial charge is 0.496 e. The van der Waals surface area contributed by atoms with Crippen LogP contribution >= 0.6 is 0 Å². The Hall–Kier alpha value is -2.89. The summed E-state index contributed by atoms with van der Waals surface area (Å²) in [5, 5.41) is 6.99. The summed E-state index contributed by atoms with van der Waals surface area (Å²) in [6.07, 6.45) is 2.24. The van der Waals surface area contributed by atoms with E-state index >= 15 is 0 Å². The predicted octanol–water partition coefficient (Wildman–Crippen LogP) is 2.96. The van der Waals surface area contributed by atoms with Gasteiger partial charge in [-0.05, 0) is 37.6 Å². The zero-order valence-corrected chi connectivity index (χ0v) is 17.4. The highest BCUT2D eigenvalue weighted by atomic mass is 16.5. The Morgan fingerprint density at radius 1 is 1.28 bits per heavy atom. The first-order chi connectivity index (χ1) is 14.2. The van der Waals surface area contributed by atoms with Gasteiger partial charge in [0.25, 0.3) is 0 Å². The molecule has 2 aromatic carbocycles. The number of methoxy groups -OCH3 is 1. The van der Waals surface area contributed by atoms with Crippen LogP contribution in [-0.2, 0) is 13.0 Å². The number of nitrogens with one attached hydrogen (secondary N) is 2. The van der Waals surface area contributed by atoms with Crippen LogP contribution in [0.3, 0.4) is 0 Å². The molecular weight excluding hydrogens is 364 g/mol. The molecule has 2 aliphatic rings. The number of rotatable bonds is 5. The lowest BCUT2D eigenvalue weighted by molar-refractivity contribution is 0.254.